The van der Waals surface area contributed by atoms with Gasteiger partial charge in [-0.3, -0.25) is 9.59 Å². The lowest BCUT2D eigenvalue weighted by Crippen LogP contribution is -2.36. The lowest BCUT2D eigenvalue weighted by molar-refractivity contribution is -0.118. The summed E-state index contributed by atoms with van der Waals surface area (Å²) >= 11 is 0. The van der Waals surface area contributed by atoms with Gasteiger partial charge in [0.2, 0.25) is 0 Å². The minimum atomic E-state index is -0.227. The van der Waals surface area contributed by atoms with Gasteiger partial charge in [0, 0.05) is 17.3 Å². The van der Waals surface area contributed by atoms with Crippen molar-refractivity contribution < 1.29 is 14.3 Å². The summed E-state index contributed by atoms with van der Waals surface area (Å²) in [6.07, 6.45) is 5.73. The minimum Gasteiger partial charge on any atom is -0.483 e. The monoisotopic (exact) mass is 394 g/mol. The Morgan fingerprint density at radius 2 is 1.66 bits per heavy atom. The maximum absolute atomic E-state index is 12.5. The maximum Gasteiger partial charge on any atom is 0.262 e. The normalized spacial score (nSPS) is 14.3. The first-order valence-electron chi connectivity index (χ1n) is 10.3. The van der Waals surface area contributed by atoms with E-state index in [1.54, 1.807) is 12.1 Å². The number of rotatable bonds is 6. The van der Waals surface area contributed by atoms with Crippen LogP contribution in [-0.2, 0) is 4.79 Å². The van der Waals surface area contributed by atoms with Crippen LogP contribution < -0.4 is 15.4 Å². The van der Waals surface area contributed by atoms with E-state index in [1.807, 2.05) is 45.0 Å². The molecule has 5 nitrogen and oxygen atoms in total. The molecule has 1 fully saturated rings. The van der Waals surface area contributed by atoms with Gasteiger partial charge in [0.1, 0.15) is 5.75 Å². The van der Waals surface area contributed by atoms with E-state index >= 15 is 0 Å². The van der Waals surface area contributed by atoms with Gasteiger partial charge in [-0.25, -0.2) is 0 Å². The molecule has 0 heterocycles. The van der Waals surface area contributed by atoms with Crippen molar-refractivity contribution in [3.05, 3.63) is 58.7 Å². The number of anilines is 1. The zero-order chi connectivity index (χ0) is 20.8. The standard InChI is InChI=1S/C24H30N2O3/c1-16-8-7-9-17(2)23(16)29-15-22(27)26-21-13-12-19(14-18(21)3)24(28)25-20-10-5-4-6-11-20/h7-9,12-14,20H,4-6,10-11,15H2,1-3H3,(H,25,28)(H,26,27). The minimum absolute atomic E-state index is 0.0452. The molecule has 0 aromatic heterocycles. The molecule has 0 atom stereocenters. The molecule has 0 bridgehead atoms. The van der Waals surface area contributed by atoms with Crippen molar-refractivity contribution in [2.24, 2.45) is 0 Å². The summed E-state index contributed by atoms with van der Waals surface area (Å²) in [5.41, 5.74) is 4.17. The largest absolute Gasteiger partial charge is 0.483 e. The molecule has 0 radical (unpaired) electrons. The van der Waals surface area contributed by atoms with Gasteiger partial charge in [-0.1, -0.05) is 37.5 Å². The Hall–Kier alpha value is -2.82. The van der Waals surface area contributed by atoms with Crippen molar-refractivity contribution in [1.82, 2.24) is 5.32 Å². The topological polar surface area (TPSA) is 67.4 Å². The molecule has 0 saturated heterocycles. The second kappa shape index (κ2) is 9.59. The summed E-state index contributed by atoms with van der Waals surface area (Å²) in [4.78, 5) is 24.8. The average Bonchev–Trinajstić information content (AvgIpc) is 2.70. The smallest absolute Gasteiger partial charge is 0.262 e. The fraction of sp³-hybridized carbons (Fsp3) is 0.417. The SMILES string of the molecule is Cc1cc(C(=O)NC2CCCCC2)ccc1NC(=O)COc1c(C)cccc1C. The molecule has 0 unspecified atom stereocenters. The van der Waals surface area contributed by atoms with Crippen LogP contribution >= 0.6 is 0 Å². The number of hydrogen-bond donors (Lipinski definition) is 2. The van der Waals surface area contributed by atoms with E-state index < -0.39 is 0 Å². The molecule has 1 saturated carbocycles. The lowest BCUT2D eigenvalue weighted by atomic mass is 9.95. The molecular weight excluding hydrogens is 364 g/mol. The van der Waals surface area contributed by atoms with Crippen LogP contribution in [0.25, 0.3) is 0 Å². The van der Waals surface area contributed by atoms with Crippen LogP contribution in [-0.4, -0.2) is 24.5 Å². The summed E-state index contributed by atoms with van der Waals surface area (Å²) < 4.78 is 5.71. The number of hydrogen-bond acceptors (Lipinski definition) is 3. The molecule has 0 aliphatic heterocycles. The Morgan fingerprint density at radius 3 is 2.31 bits per heavy atom. The third kappa shape index (κ3) is 5.59. The van der Waals surface area contributed by atoms with Gasteiger partial charge >= 0.3 is 0 Å². The zero-order valence-corrected chi connectivity index (χ0v) is 17.5. The van der Waals surface area contributed by atoms with E-state index in [4.69, 9.17) is 4.74 Å². The molecule has 2 aromatic carbocycles. The van der Waals surface area contributed by atoms with E-state index in [0.717, 1.165) is 35.3 Å². The van der Waals surface area contributed by atoms with Crippen molar-refractivity contribution in [2.75, 3.05) is 11.9 Å². The van der Waals surface area contributed by atoms with Gasteiger partial charge in [0.25, 0.3) is 11.8 Å². The van der Waals surface area contributed by atoms with Crippen LogP contribution in [0.5, 0.6) is 5.75 Å². The Bertz CT molecular complexity index is 865. The number of para-hydroxylation sites is 1. The molecule has 1 aliphatic carbocycles. The Labute approximate surface area is 172 Å². The lowest BCUT2D eigenvalue weighted by Gasteiger charge is -2.23. The van der Waals surface area contributed by atoms with Crippen molar-refractivity contribution >= 4 is 17.5 Å². The number of ether oxygens (including phenoxy) is 1. The molecule has 2 aromatic rings. The third-order valence-electron chi connectivity index (χ3n) is 5.46. The summed E-state index contributed by atoms with van der Waals surface area (Å²) in [6.45, 7) is 5.75. The van der Waals surface area contributed by atoms with Gasteiger partial charge in [0.05, 0.1) is 0 Å². The number of aryl methyl sites for hydroxylation is 3. The molecule has 154 valence electrons. The Kier molecular flexibility index (Phi) is 6.91. The second-order valence-corrected chi connectivity index (χ2v) is 7.90. The highest BCUT2D eigenvalue weighted by atomic mass is 16.5. The van der Waals surface area contributed by atoms with E-state index in [-0.39, 0.29) is 24.5 Å². The summed E-state index contributed by atoms with van der Waals surface area (Å²) in [6, 6.07) is 11.5. The number of amides is 2. The molecule has 2 N–H and O–H groups in total. The van der Waals surface area contributed by atoms with Crippen molar-refractivity contribution in [3.63, 3.8) is 0 Å². The van der Waals surface area contributed by atoms with Crippen molar-refractivity contribution in [3.8, 4) is 5.75 Å². The number of carbonyl (C=O) groups is 2. The van der Waals surface area contributed by atoms with E-state index in [9.17, 15) is 9.59 Å². The molecular formula is C24H30N2O3. The van der Waals surface area contributed by atoms with Crippen molar-refractivity contribution in [2.45, 2.75) is 58.9 Å². The van der Waals surface area contributed by atoms with E-state index in [0.29, 0.717) is 11.3 Å². The quantitative estimate of drug-likeness (QED) is 0.747. The van der Waals surface area contributed by atoms with E-state index in [2.05, 4.69) is 10.6 Å². The van der Waals surface area contributed by atoms with Crippen LogP contribution in [0.2, 0.25) is 0 Å². The fourth-order valence-electron chi connectivity index (χ4n) is 3.81. The first-order chi connectivity index (χ1) is 13.9. The van der Waals surface area contributed by atoms with Gasteiger partial charge in [-0.05, 0) is 68.5 Å². The molecule has 29 heavy (non-hydrogen) atoms. The number of carbonyl (C=O) groups excluding carboxylic acids is 2. The molecule has 5 heteroatoms. The molecule has 2 amide bonds. The number of nitrogens with one attached hydrogen (secondary N) is 2. The predicted octanol–water partition coefficient (Wildman–Crippen LogP) is 4.69. The number of benzene rings is 2. The van der Waals surface area contributed by atoms with Crippen molar-refractivity contribution in [1.29, 1.82) is 0 Å². The average molecular weight is 395 g/mol. The summed E-state index contributed by atoms with van der Waals surface area (Å²) in [5, 5.41) is 6.00. The molecule has 3 rings (SSSR count). The highest BCUT2D eigenvalue weighted by Crippen LogP contribution is 2.23. The predicted molar refractivity (Wildman–Crippen MR) is 116 cm³/mol. The first kappa shape index (κ1) is 20.9. The summed E-state index contributed by atoms with van der Waals surface area (Å²) in [7, 11) is 0. The van der Waals surface area contributed by atoms with E-state index in [1.165, 1.54) is 19.3 Å². The zero-order valence-electron chi connectivity index (χ0n) is 17.5. The van der Waals surface area contributed by atoms with Gasteiger partial charge < -0.3 is 15.4 Å². The van der Waals surface area contributed by atoms with Crippen LogP contribution in [0.4, 0.5) is 5.69 Å². The highest BCUT2D eigenvalue weighted by molar-refractivity contribution is 5.97. The Balaban J connectivity index is 1.57. The Morgan fingerprint density at radius 1 is 0.966 bits per heavy atom. The fourth-order valence-corrected chi connectivity index (χ4v) is 3.81. The van der Waals surface area contributed by atoms with Crippen LogP contribution in [0.1, 0.15) is 59.2 Å². The highest BCUT2D eigenvalue weighted by Gasteiger charge is 2.17. The van der Waals surface area contributed by atoms with Gasteiger partial charge in [-0.2, -0.15) is 0 Å². The van der Waals surface area contributed by atoms with Gasteiger partial charge in [-0.15, -0.1) is 0 Å². The molecule has 1 aliphatic rings. The second-order valence-electron chi connectivity index (χ2n) is 7.90. The maximum atomic E-state index is 12.5. The first-order valence-corrected chi connectivity index (χ1v) is 10.3. The van der Waals surface area contributed by atoms with Crippen LogP contribution in [0.15, 0.2) is 36.4 Å². The van der Waals surface area contributed by atoms with Gasteiger partial charge in [0.15, 0.2) is 6.61 Å². The van der Waals surface area contributed by atoms with Crippen LogP contribution in [0.3, 0.4) is 0 Å². The van der Waals surface area contributed by atoms with Crippen LogP contribution in [0, 0.1) is 20.8 Å². The molecule has 0 spiro atoms. The summed E-state index contributed by atoms with van der Waals surface area (Å²) in [5.74, 6) is 0.473. The third-order valence-corrected chi connectivity index (χ3v) is 5.46.